The lowest BCUT2D eigenvalue weighted by Crippen LogP contribution is -2.41. The number of methoxy groups -OCH3 is 3. The van der Waals surface area contributed by atoms with Crippen LogP contribution in [-0.4, -0.2) is 78.3 Å². The molecule has 1 aromatic carbocycles. The van der Waals surface area contributed by atoms with Crippen LogP contribution >= 0.6 is 0 Å². The molecule has 0 radical (unpaired) electrons. The van der Waals surface area contributed by atoms with Crippen LogP contribution < -0.4 is 24.8 Å². The van der Waals surface area contributed by atoms with E-state index in [2.05, 4.69) is 20.9 Å². The summed E-state index contributed by atoms with van der Waals surface area (Å²) in [5.41, 5.74) is 0.277. The average molecular weight is 479 g/mol. The number of hydrogen-bond acceptors (Lipinski definition) is 10. The van der Waals surface area contributed by atoms with Crippen molar-refractivity contribution in [1.82, 2.24) is 25.6 Å². The van der Waals surface area contributed by atoms with Crippen molar-refractivity contribution in [2.45, 2.75) is 33.0 Å². The fourth-order valence-electron chi connectivity index (χ4n) is 3.11. The van der Waals surface area contributed by atoms with Crippen molar-refractivity contribution in [3.8, 4) is 17.2 Å². The predicted molar refractivity (Wildman–Crippen MR) is 120 cm³/mol. The fourth-order valence-corrected chi connectivity index (χ4v) is 3.11. The van der Waals surface area contributed by atoms with E-state index in [4.69, 9.17) is 28.9 Å². The molecule has 14 heteroatoms. The summed E-state index contributed by atoms with van der Waals surface area (Å²) < 4.78 is 22.1. The van der Waals surface area contributed by atoms with Gasteiger partial charge in [0.1, 0.15) is 6.23 Å². The lowest BCUT2D eigenvalue weighted by Gasteiger charge is -2.20. The zero-order chi connectivity index (χ0) is 25.3. The number of hydrogen-bond donors (Lipinski definition) is 4. The van der Waals surface area contributed by atoms with Gasteiger partial charge in [-0.05, 0) is 24.5 Å². The summed E-state index contributed by atoms with van der Waals surface area (Å²) >= 11 is 0. The fraction of sp³-hybridized carbons (Fsp3) is 0.500. The van der Waals surface area contributed by atoms with E-state index < -0.39 is 25.4 Å². The lowest BCUT2D eigenvalue weighted by molar-refractivity contribution is 0.0614. The summed E-state index contributed by atoms with van der Waals surface area (Å²) in [4.78, 5) is 25.0. The minimum absolute atomic E-state index is 0.0117. The summed E-state index contributed by atoms with van der Waals surface area (Å²) in [6.45, 7) is 4.22. The Bertz CT molecular complexity index is 958. The molecule has 0 saturated heterocycles. The predicted octanol–water partition coefficient (Wildman–Crippen LogP) is -0.178. The molecule has 0 spiro atoms. The zero-order valence-corrected chi connectivity index (χ0v) is 19.8. The molecule has 1 atom stereocenters. The van der Waals surface area contributed by atoms with E-state index in [1.165, 1.54) is 32.2 Å². The molecule has 4 N–H and O–H groups in total. The van der Waals surface area contributed by atoms with Crippen molar-refractivity contribution in [2.75, 3.05) is 27.9 Å². The number of carbonyl (C=O) groups is 2. The van der Waals surface area contributed by atoms with E-state index in [9.17, 15) is 9.59 Å². The smallest absolute Gasteiger partial charge is 0.493 e. The van der Waals surface area contributed by atoms with E-state index in [0.717, 1.165) is 0 Å². The highest BCUT2D eigenvalue weighted by molar-refractivity contribution is 6.32. The first-order valence-corrected chi connectivity index (χ1v) is 10.5. The molecule has 2 aromatic rings. The topological polar surface area (TPSA) is 166 Å². The Hall–Kier alpha value is -3.36. The third-order valence-electron chi connectivity index (χ3n) is 4.61. The monoisotopic (exact) mass is 479 g/mol. The molecule has 1 aromatic heterocycles. The van der Waals surface area contributed by atoms with Gasteiger partial charge in [0.2, 0.25) is 5.75 Å². The lowest BCUT2D eigenvalue weighted by atomic mass is 10.1. The second-order valence-electron chi connectivity index (χ2n) is 7.56. The van der Waals surface area contributed by atoms with Gasteiger partial charge in [-0.25, -0.2) is 4.68 Å². The van der Waals surface area contributed by atoms with Gasteiger partial charge in [0.05, 0.1) is 39.6 Å². The largest absolute Gasteiger partial charge is 0.635 e. The molecule has 13 nitrogen and oxygen atoms in total. The van der Waals surface area contributed by atoms with E-state index >= 15 is 0 Å². The van der Waals surface area contributed by atoms with Crippen molar-refractivity contribution >= 4 is 19.1 Å². The molecule has 0 saturated carbocycles. The third-order valence-corrected chi connectivity index (χ3v) is 4.61. The van der Waals surface area contributed by atoms with Gasteiger partial charge in [0, 0.05) is 6.54 Å². The number of nitrogens with one attached hydrogen (secondary N) is 2. The number of nitrogens with zero attached hydrogens (tertiary/aromatic N) is 3. The van der Waals surface area contributed by atoms with Crippen LogP contribution in [0.2, 0.25) is 0 Å². The van der Waals surface area contributed by atoms with Gasteiger partial charge in [0.15, 0.2) is 17.2 Å². The van der Waals surface area contributed by atoms with Crippen LogP contribution in [0.5, 0.6) is 17.2 Å². The summed E-state index contributed by atoms with van der Waals surface area (Å²) in [7, 11) is 2.34. The van der Waals surface area contributed by atoms with Gasteiger partial charge in [0.25, 0.3) is 11.8 Å². The molecular weight excluding hydrogens is 449 g/mol. The Labute approximate surface area is 197 Å². The maximum Gasteiger partial charge on any atom is 0.635 e. The summed E-state index contributed by atoms with van der Waals surface area (Å²) in [6, 6.07) is 3.16. The standard InChI is InChI=1S/C20H30BN5O8/c1-12(2)10-16(34-21(29)30)23-20(28)14-11-26(25-24-14)9-8-22-19(27)13-6-7-15(31-3)18(33-5)17(13)32-4/h6-7,11-12,16,29-30H,8-10H2,1-5H3,(H,22,27)(H,23,28)/t16-/m1/s1. The van der Waals surface area contributed by atoms with E-state index in [-0.39, 0.29) is 36.0 Å². The average Bonchev–Trinajstić information content (AvgIpc) is 3.25. The molecular formula is C20H30BN5O8. The third kappa shape index (κ3) is 7.33. The summed E-state index contributed by atoms with van der Waals surface area (Å²) in [5, 5.41) is 31.0. The van der Waals surface area contributed by atoms with Gasteiger partial charge in [-0.2, -0.15) is 0 Å². The maximum atomic E-state index is 12.6. The molecule has 0 bridgehead atoms. The van der Waals surface area contributed by atoms with Crippen LogP contribution in [-0.2, 0) is 11.2 Å². The molecule has 2 amide bonds. The summed E-state index contributed by atoms with van der Waals surface area (Å²) in [5.74, 6) is 0.124. The van der Waals surface area contributed by atoms with Crippen LogP contribution in [0.1, 0.15) is 41.1 Å². The summed E-state index contributed by atoms with van der Waals surface area (Å²) in [6.07, 6.45) is 0.858. The van der Waals surface area contributed by atoms with Gasteiger partial charge in [-0.15, -0.1) is 5.10 Å². The molecule has 186 valence electrons. The van der Waals surface area contributed by atoms with Crippen molar-refractivity contribution in [2.24, 2.45) is 5.92 Å². The molecule has 1 heterocycles. The first-order chi connectivity index (χ1) is 16.2. The normalized spacial score (nSPS) is 11.6. The number of rotatable bonds is 13. The van der Waals surface area contributed by atoms with Crippen molar-refractivity contribution in [1.29, 1.82) is 0 Å². The number of benzene rings is 1. The maximum absolute atomic E-state index is 12.6. The van der Waals surface area contributed by atoms with Crippen LogP contribution in [0.15, 0.2) is 18.3 Å². The van der Waals surface area contributed by atoms with E-state index in [1.54, 1.807) is 12.1 Å². The molecule has 2 rings (SSSR count). The second kappa shape index (κ2) is 12.8. The highest BCUT2D eigenvalue weighted by Gasteiger charge is 2.23. The highest BCUT2D eigenvalue weighted by Crippen LogP contribution is 2.39. The van der Waals surface area contributed by atoms with Gasteiger partial charge in [-0.1, -0.05) is 19.1 Å². The Kier molecular flexibility index (Phi) is 10.1. The Morgan fingerprint density at radius 1 is 1.09 bits per heavy atom. The van der Waals surface area contributed by atoms with Crippen molar-refractivity contribution in [3.05, 3.63) is 29.6 Å². The number of amides is 2. The molecule has 0 fully saturated rings. The minimum atomic E-state index is -2.02. The second-order valence-corrected chi connectivity index (χ2v) is 7.56. The van der Waals surface area contributed by atoms with Crippen molar-refractivity contribution in [3.63, 3.8) is 0 Å². The van der Waals surface area contributed by atoms with Gasteiger partial charge >= 0.3 is 7.32 Å². The first kappa shape index (κ1) is 26.9. The Balaban J connectivity index is 1.96. The van der Waals surface area contributed by atoms with E-state index in [1.807, 2.05) is 13.8 Å². The van der Waals surface area contributed by atoms with Crippen LogP contribution in [0.4, 0.5) is 0 Å². The quantitative estimate of drug-likeness (QED) is 0.224. The van der Waals surface area contributed by atoms with Crippen LogP contribution in [0.25, 0.3) is 0 Å². The molecule has 0 aliphatic rings. The van der Waals surface area contributed by atoms with E-state index in [0.29, 0.717) is 17.9 Å². The molecule has 0 aliphatic heterocycles. The Morgan fingerprint density at radius 3 is 2.38 bits per heavy atom. The van der Waals surface area contributed by atoms with Crippen molar-refractivity contribution < 1.29 is 38.5 Å². The van der Waals surface area contributed by atoms with Gasteiger partial charge < -0.3 is 39.5 Å². The zero-order valence-electron chi connectivity index (χ0n) is 19.8. The molecule has 34 heavy (non-hydrogen) atoms. The Morgan fingerprint density at radius 2 is 1.79 bits per heavy atom. The first-order valence-electron chi connectivity index (χ1n) is 10.5. The van der Waals surface area contributed by atoms with Gasteiger partial charge in [-0.3, -0.25) is 9.59 Å². The highest BCUT2D eigenvalue weighted by atomic mass is 16.6. The van der Waals surface area contributed by atoms with Crippen LogP contribution in [0, 0.1) is 5.92 Å². The molecule has 0 unspecified atom stereocenters. The SMILES string of the molecule is COc1ccc(C(=O)NCCn2cc(C(=O)N[C@@H](CC(C)C)OB(O)O)nn2)c(OC)c1OC. The van der Waals surface area contributed by atoms with Crippen LogP contribution in [0.3, 0.4) is 0 Å². The number of aromatic nitrogens is 3. The number of ether oxygens (including phenoxy) is 3. The minimum Gasteiger partial charge on any atom is -0.493 e. The number of carbonyl (C=O) groups excluding carboxylic acids is 2. The molecule has 0 aliphatic carbocycles.